The van der Waals surface area contributed by atoms with Gasteiger partial charge in [-0.1, -0.05) is 0 Å². The summed E-state index contributed by atoms with van der Waals surface area (Å²) in [6.45, 7) is 0. The number of aliphatic carboxylic acids is 1. The lowest BCUT2D eigenvalue weighted by atomic mass is 10.1. The van der Waals surface area contributed by atoms with E-state index in [0.717, 1.165) is 24.1 Å². The minimum atomic E-state index is -0.798. The van der Waals surface area contributed by atoms with Crippen molar-refractivity contribution in [2.75, 3.05) is 5.73 Å². The number of aromatic nitrogens is 2. The summed E-state index contributed by atoms with van der Waals surface area (Å²) in [4.78, 5) is 18.6. The highest BCUT2D eigenvalue weighted by molar-refractivity contribution is 5.67. The van der Waals surface area contributed by atoms with Gasteiger partial charge in [-0.25, -0.2) is 9.97 Å². The Kier molecular flexibility index (Phi) is 2.53. The molecule has 0 unspecified atom stereocenters. The van der Waals surface area contributed by atoms with Crippen molar-refractivity contribution in [3.63, 3.8) is 0 Å². The highest BCUT2D eigenvalue weighted by Crippen LogP contribution is 2.40. The first-order valence-corrected chi connectivity index (χ1v) is 5.00. The number of carboxylic acid groups (broad SMARTS) is 1. The average molecular weight is 207 g/mol. The molecule has 5 nitrogen and oxygen atoms in total. The second-order valence-electron chi connectivity index (χ2n) is 3.81. The Morgan fingerprint density at radius 3 is 2.93 bits per heavy atom. The summed E-state index contributed by atoms with van der Waals surface area (Å²) < 4.78 is 0. The quantitative estimate of drug-likeness (QED) is 0.767. The predicted molar refractivity (Wildman–Crippen MR) is 54.4 cm³/mol. The summed E-state index contributed by atoms with van der Waals surface area (Å²) in [6, 6.07) is 0. The van der Waals surface area contributed by atoms with E-state index in [4.69, 9.17) is 10.8 Å². The van der Waals surface area contributed by atoms with E-state index in [1.165, 1.54) is 0 Å². The lowest BCUT2D eigenvalue weighted by Gasteiger charge is -2.06. The van der Waals surface area contributed by atoms with Crippen LogP contribution in [0.15, 0.2) is 6.20 Å². The van der Waals surface area contributed by atoms with Crippen LogP contribution in [-0.4, -0.2) is 21.0 Å². The van der Waals surface area contributed by atoms with Gasteiger partial charge in [0.2, 0.25) is 5.95 Å². The zero-order valence-electron chi connectivity index (χ0n) is 8.31. The van der Waals surface area contributed by atoms with Crippen LogP contribution in [0.3, 0.4) is 0 Å². The van der Waals surface area contributed by atoms with Crippen LogP contribution >= 0.6 is 0 Å². The number of nitrogens with zero attached hydrogens (tertiary/aromatic N) is 2. The fraction of sp³-hybridized carbons (Fsp3) is 0.500. The molecular formula is C10H13N3O2. The summed E-state index contributed by atoms with van der Waals surface area (Å²) in [5, 5.41) is 8.61. The number of carbonyl (C=O) groups is 1. The van der Waals surface area contributed by atoms with Gasteiger partial charge in [-0.05, 0) is 24.8 Å². The van der Waals surface area contributed by atoms with Crippen molar-refractivity contribution in [1.29, 1.82) is 0 Å². The Hall–Kier alpha value is -1.65. The first-order valence-electron chi connectivity index (χ1n) is 5.00. The van der Waals surface area contributed by atoms with Gasteiger partial charge in [0.15, 0.2) is 0 Å². The van der Waals surface area contributed by atoms with Crippen molar-refractivity contribution in [2.45, 2.75) is 31.6 Å². The van der Waals surface area contributed by atoms with E-state index >= 15 is 0 Å². The van der Waals surface area contributed by atoms with Crippen LogP contribution in [0, 0.1) is 0 Å². The maximum absolute atomic E-state index is 10.5. The molecule has 1 fully saturated rings. The standard InChI is InChI=1S/C10H13N3O2/c11-10-12-5-7(3-4-8(14)15)9(13-10)6-1-2-6/h5-6H,1-4H2,(H,14,15)(H2,11,12,13). The van der Waals surface area contributed by atoms with Gasteiger partial charge in [0.05, 0.1) is 5.69 Å². The Labute approximate surface area is 87.4 Å². The molecular weight excluding hydrogens is 194 g/mol. The third-order valence-electron chi connectivity index (χ3n) is 2.49. The topological polar surface area (TPSA) is 89.1 Å². The van der Waals surface area contributed by atoms with Crippen LogP contribution in [0.4, 0.5) is 5.95 Å². The third-order valence-corrected chi connectivity index (χ3v) is 2.49. The Bertz CT molecular complexity index is 388. The van der Waals surface area contributed by atoms with Crippen molar-refractivity contribution in [1.82, 2.24) is 9.97 Å². The van der Waals surface area contributed by atoms with Gasteiger partial charge in [-0.15, -0.1) is 0 Å². The minimum Gasteiger partial charge on any atom is -0.481 e. The number of rotatable bonds is 4. The number of nitrogens with two attached hydrogens (primary N) is 1. The molecule has 0 aliphatic heterocycles. The van der Waals surface area contributed by atoms with E-state index in [1.807, 2.05) is 0 Å². The molecule has 1 saturated carbocycles. The molecule has 1 aromatic heterocycles. The number of carboxylic acids is 1. The van der Waals surface area contributed by atoms with Gasteiger partial charge in [0.1, 0.15) is 0 Å². The lowest BCUT2D eigenvalue weighted by Crippen LogP contribution is -2.05. The maximum Gasteiger partial charge on any atom is 0.303 e. The van der Waals surface area contributed by atoms with E-state index in [0.29, 0.717) is 12.3 Å². The van der Waals surface area contributed by atoms with Crippen LogP contribution in [0.2, 0.25) is 0 Å². The predicted octanol–water partition coefficient (Wildman–Crippen LogP) is 0.953. The molecule has 80 valence electrons. The van der Waals surface area contributed by atoms with Crippen molar-refractivity contribution >= 4 is 11.9 Å². The molecule has 1 aliphatic rings. The molecule has 0 spiro atoms. The summed E-state index contributed by atoms with van der Waals surface area (Å²) in [5.41, 5.74) is 7.38. The highest BCUT2D eigenvalue weighted by Gasteiger charge is 2.28. The molecule has 0 bridgehead atoms. The first-order chi connectivity index (χ1) is 7.16. The van der Waals surface area contributed by atoms with Gasteiger partial charge >= 0.3 is 5.97 Å². The number of hydrogen-bond acceptors (Lipinski definition) is 4. The van der Waals surface area contributed by atoms with Crippen LogP contribution in [0.1, 0.15) is 36.4 Å². The van der Waals surface area contributed by atoms with Crippen molar-refractivity contribution in [3.8, 4) is 0 Å². The monoisotopic (exact) mass is 207 g/mol. The minimum absolute atomic E-state index is 0.118. The van der Waals surface area contributed by atoms with Crippen LogP contribution in [0.25, 0.3) is 0 Å². The van der Waals surface area contributed by atoms with E-state index in [9.17, 15) is 4.79 Å². The molecule has 0 amide bonds. The third kappa shape index (κ3) is 2.43. The van der Waals surface area contributed by atoms with Gasteiger partial charge in [0, 0.05) is 18.5 Å². The summed E-state index contributed by atoms with van der Waals surface area (Å²) in [6.07, 6.45) is 4.50. The largest absolute Gasteiger partial charge is 0.481 e. The van der Waals surface area contributed by atoms with Crippen LogP contribution in [-0.2, 0) is 11.2 Å². The summed E-state index contributed by atoms with van der Waals surface area (Å²) in [7, 11) is 0. The number of hydrogen-bond donors (Lipinski definition) is 2. The molecule has 0 saturated heterocycles. The molecule has 1 heterocycles. The molecule has 3 N–H and O–H groups in total. The highest BCUT2D eigenvalue weighted by atomic mass is 16.4. The molecule has 1 aliphatic carbocycles. The molecule has 1 aromatic rings. The number of anilines is 1. The molecule has 0 atom stereocenters. The maximum atomic E-state index is 10.5. The lowest BCUT2D eigenvalue weighted by molar-refractivity contribution is -0.136. The molecule has 0 radical (unpaired) electrons. The Morgan fingerprint density at radius 2 is 2.33 bits per heavy atom. The summed E-state index contributed by atoms with van der Waals surface area (Å²) in [5.74, 6) is -0.0522. The second kappa shape index (κ2) is 3.84. The fourth-order valence-corrected chi connectivity index (χ4v) is 1.58. The molecule has 15 heavy (non-hydrogen) atoms. The zero-order chi connectivity index (χ0) is 10.8. The normalized spacial score (nSPS) is 15.2. The van der Waals surface area contributed by atoms with Crippen molar-refractivity contribution < 1.29 is 9.90 Å². The second-order valence-corrected chi connectivity index (χ2v) is 3.81. The SMILES string of the molecule is Nc1ncc(CCC(=O)O)c(C2CC2)n1. The van der Waals surface area contributed by atoms with E-state index in [2.05, 4.69) is 9.97 Å². The number of nitrogen functional groups attached to an aromatic ring is 1. The van der Waals surface area contributed by atoms with Gasteiger partial charge < -0.3 is 10.8 Å². The van der Waals surface area contributed by atoms with Gasteiger partial charge in [0.25, 0.3) is 0 Å². The van der Waals surface area contributed by atoms with Gasteiger partial charge in [-0.2, -0.15) is 0 Å². The van der Waals surface area contributed by atoms with Crippen LogP contribution < -0.4 is 5.73 Å². The fourth-order valence-electron chi connectivity index (χ4n) is 1.58. The zero-order valence-corrected chi connectivity index (χ0v) is 8.31. The molecule has 2 rings (SSSR count). The van der Waals surface area contributed by atoms with Crippen molar-refractivity contribution in [2.24, 2.45) is 0 Å². The van der Waals surface area contributed by atoms with Crippen LogP contribution in [0.5, 0.6) is 0 Å². The van der Waals surface area contributed by atoms with Gasteiger partial charge in [-0.3, -0.25) is 4.79 Å². The first kappa shape index (κ1) is 9.89. The summed E-state index contributed by atoms with van der Waals surface area (Å²) >= 11 is 0. The number of aryl methyl sites for hydroxylation is 1. The smallest absolute Gasteiger partial charge is 0.303 e. The Morgan fingerprint density at radius 1 is 1.60 bits per heavy atom. The van der Waals surface area contributed by atoms with E-state index in [-0.39, 0.29) is 12.4 Å². The van der Waals surface area contributed by atoms with Crippen molar-refractivity contribution in [3.05, 3.63) is 17.5 Å². The van der Waals surface area contributed by atoms with E-state index < -0.39 is 5.97 Å². The average Bonchev–Trinajstić information content (AvgIpc) is 2.98. The molecule has 0 aromatic carbocycles. The van der Waals surface area contributed by atoms with E-state index in [1.54, 1.807) is 6.20 Å². The Balaban J connectivity index is 2.17. The molecule has 5 heteroatoms.